The van der Waals surface area contributed by atoms with Crippen molar-refractivity contribution in [3.8, 4) is 5.75 Å². The van der Waals surface area contributed by atoms with Gasteiger partial charge >= 0.3 is 6.15 Å². The lowest BCUT2D eigenvalue weighted by Crippen LogP contribution is -2.08. The first-order valence-electron chi connectivity index (χ1n) is 5.37. The topological polar surface area (TPSA) is 77.5 Å². The molecule has 6 heteroatoms. The van der Waals surface area contributed by atoms with Crippen molar-refractivity contribution in [2.75, 3.05) is 7.11 Å². The number of halogens is 1. The van der Waals surface area contributed by atoms with Crippen LogP contribution in [0.15, 0.2) is 22.7 Å². The van der Waals surface area contributed by atoms with Crippen LogP contribution in [0.5, 0.6) is 5.75 Å². The van der Waals surface area contributed by atoms with Crippen LogP contribution in [0.2, 0.25) is 0 Å². The molecule has 0 spiro atoms. The first-order valence-corrected chi connectivity index (χ1v) is 6.17. The molecule has 0 aromatic heterocycles. The van der Waals surface area contributed by atoms with Gasteiger partial charge in [0.2, 0.25) is 0 Å². The van der Waals surface area contributed by atoms with Crippen molar-refractivity contribution in [2.24, 2.45) is 0 Å². The zero-order valence-electron chi connectivity index (χ0n) is 10.6. The van der Waals surface area contributed by atoms with Gasteiger partial charge in [0.25, 0.3) is 0 Å². The summed E-state index contributed by atoms with van der Waals surface area (Å²) in [5.41, 5.74) is 0.451. The molecule has 0 N–H and O–H groups in total. The Kier molecular flexibility index (Phi) is 8.33. The van der Waals surface area contributed by atoms with E-state index in [2.05, 4.69) is 15.9 Å². The molecular formula is C13H13BrO5. The van der Waals surface area contributed by atoms with Crippen molar-refractivity contribution < 1.29 is 23.9 Å². The number of hydrogen-bond acceptors (Lipinski definition) is 5. The Morgan fingerprint density at radius 1 is 1.32 bits per heavy atom. The van der Waals surface area contributed by atoms with E-state index in [0.717, 1.165) is 4.47 Å². The lowest BCUT2D eigenvalue weighted by molar-refractivity contribution is -0.191. The highest BCUT2D eigenvalue weighted by Crippen LogP contribution is 2.24. The Bertz CT molecular complexity index is 490. The Morgan fingerprint density at radius 2 is 1.89 bits per heavy atom. The number of benzene rings is 1. The van der Waals surface area contributed by atoms with E-state index in [-0.39, 0.29) is 24.1 Å². The average Bonchev–Trinajstić information content (AvgIpc) is 2.39. The lowest BCUT2D eigenvalue weighted by Gasteiger charge is -2.07. The van der Waals surface area contributed by atoms with Gasteiger partial charge in [-0.3, -0.25) is 9.59 Å². The van der Waals surface area contributed by atoms with E-state index in [0.29, 0.717) is 17.7 Å². The molecule has 0 amide bonds. The summed E-state index contributed by atoms with van der Waals surface area (Å²) in [5, 5.41) is 0. The quantitative estimate of drug-likeness (QED) is 0.612. The van der Waals surface area contributed by atoms with Gasteiger partial charge < -0.3 is 4.74 Å². The molecule has 0 saturated heterocycles. The van der Waals surface area contributed by atoms with Crippen molar-refractivity contribution in [3.63, 3.8) is 0 Å². The van der Waals surface area contributed by atoms with Gasteiger partial charge in [-0.2, -0.15) is 9.59 Å². The number of carbonyl (C=O) groups is 2. The summed E-state index contributed by atoms with van der Waals surface area (Å²) in [6.45, 7) is 1.74. The highest BCUT2D eigenvalue weighted by atomic mass is 79.9. The van der Waals surface area contributed by atoms with Crippen LogP contribution < -0.4 is 4.74 Å². The molecule has 0 aliphatic carbocycles. The number of carbonyl (C=O) groups excluding carboxylic acids is 4. The van der Waals surface area contributed by atoms with Crippen molar-refractivity contribution in [1.29, 1.82) is 0 Å². The second-order valence-electron chi connectivity index (χ2n) is 3.42. The Morgan fingerprint density at radius 3 is 2.37 bits per heavy atom. The molecule has 0 aliphatic heterocycles. The number of ketones is 2. The zero-order valence-corrected chi connectivity index (χ0v) is 12.2. The largest absolute Gasteiger partial charge is 0.496 e. The summed E-state index contributed by atoms with van der Waals surface area (Å²) in [4.78, 5) is 39.2. The van der Waals surface area contributed by atoms with Crippen molar-refractivity contribution in [3.05, 3.63) is 28.2 Å². The molecule has 0 radical (unpaired) electrons. The summed E-state index contributed by atoms with van der Waals surface area (Å²) >= 11 is 3.29. The third-order valence-corrected chi connectivity index (χ3v) is 2.71. The van der Waals surface area contributed by atoms with Crippen LogP contribution in [-0.4, -0.2) is 24.8 Å². The molecular weight excluding hydrogens is 316 g/mol. The number of rotatable bonds is 5. The van der Waals surface area contributed by atoms with E-state index >= 15 is 0 Å². The highest BCUT2D eigenvalue weighted by Gasteiger charge is 2.15. The average molecular weight is 329 g/mol. The van der Waals surface area contributed by atoms with Crippen LogP contribution >= 0.6 is 15.9 Å². The van der Waals surface area contributed by atoms with E-state index in [1.807, 2.05) is 0 Å². The fraction of sp³-hybridized carbons (Fsp3) is 0.308. The standard InChI is InChI=1S/C12H13BrO3.CO2/c1-3-9(14)7-11(15)10-5-4-8(13)6-12(10)16-2;2-1-3/h4-6H,3,7H2,1-2H3;. The maximum atomic E-state index is 11.8. The third-order valence-electron chi connectivity index (χ3n) is 2.22. The van der Waals surface area contributed by atoms with Crippen LogP contribution in [0, 0.1) is 0 Å². The lowest BCUT2D eigenvalue weighted by atomic mass is 10.0. The minimum atomic E-state index is -0.198. The van der Waals surface area contributed by atoms with E-state index in [1.54, 1.807) is 25.1 Å². The normalized spacial score (nSPS) is 8.79. The smallest absolute Gasteiger partial charge is 0.373 e. The number of hydrogen-bond donors (Lipinski definition) is 0. The summed E-state index contributed by atoms with van der Waals surface area (Å²) in [6, 6.07) is 5.13. The molecule has 0 aliphatic rings. The van der Waals surface area contributed by atoms with E-state index in [1.165, 1.54) is 7.11 Å². The molecule has 1 aromatic carbocycles. The fourth-order valence-corrected chi connectivity index (χ4v) is 1.63. The van der Waals surface area contributed by atoms with Crippen molar-refractivity contribution in [2.45, 2.75) is 19.8 Å². The number of Topliss-reactive ketones (excluding diaryl/α,β-unsaturated/α-hetero) is 2. The van der Waals surface area contributed by atoms with Gasteiger partial charge in [-0.1, -0.05) is 22.9 Å². The van der Waals surface area contributed by atoms with Crippen LogP contribution in [0.1, 0.15) is 30.1 Å². The van der Waals surface area contributed by atoms with Crippen LogP contribution in [-0.2, 0) is 14.4 Å². The van der Waals surface area contributed by atoms with Gasteiger partial charge in [0.05, 0.1) is 19.1 Å². The molecule has 0 heterocycles. The van der Waals surface area contributed by atoms with Crippen LogP contribution in [0.25, 0.3) is 0 Å². The van der Waals surface area contributed by atoms with E-state index in [4.69, 9.17) is 14.3 Å². The molecule has 102 valence electrons. The number of methoxy groups -OCH3 is 1. The van der Waals surface area contributed by atoms with Gasteiger partial charge in [0, 0.05) is 10.9 Å². The molecule has 5 nitrogen and oxygen atoms in total. The molecule has 0 atom stereocenters. The summed E-state index contributed by atoms with van der Waals surface area (Å²) < 4.78 is 5.94. The first kappa shape index (κ1) is 17.2. The Hall–Kier alpha value is -1.78. The van der Waals surface area contributed by atoms with Gasteiger partial charge in [0.1, 0.15) is 11.5 Å². The van der Waals surface area contributed by atoms with Gasteiger partial charge in [-0.05, 0) is 18.2 Å². The summed E-state index contributed by atoms with van der Waals surface area (Å²) in [6.07, 6.45) is 0.569. The number of ether oxygens (including phenoxy) is 1. The molecule has 1 aromatic rings. The zero-order chi connectivity index (χ0) is 14.8. The van der Waals surface area contributed by atoms with Crippen LogP contribution in [0.3, 0.4) is 0 Å². The maximum absolute atomic E-state index is 11.8. The first-order chi connectivity index (χ1) is 8.99. The fourth-order valence-electron chi connectivity index (χ4n) is 1.29. The monoisotopic (exact) mass is 328 g/mol. The van der Waals surface area contributed by atoms with Crippen LogP contribution in [0.4, 0.5) is 0 Å². The van der Waals surface area contributed by atoms with Crippen molar-refractivity contribution >= 4 is 33.6 Å². The molecule has 0 saturated carbocycles. The summed E-state index contributed by atoms with van der Waals surface area (Å²) in [5.74, 6) is 0.231. The van der Waals surface area contributed by atoms with Crippen molar-refractivity contribution in [1.82, 2.24) is 0 Å². The SMILES string of the molecule is CCC(=O)CC(=O)c1ccc(Br)cc1OC.O=C=O. The molecule has 0 bridgehead atoms. The Balaban J connectivity index is 0.000000982. The molecule has 1 rings (SSSR count). The second kappa shape index (κ2) is 9.19. The van der Waals surface area contributed by atoms with E-state index < -0.39 is 0 Å². The van der Waals surface area contributed by atoms with Gasteiger partial charge in [-0.15, -0.1) is 0 Å². The van der Waals surface area contributed by atoms with Gasteiger partial charge in [-0.25, -0.2) is 0 Å². The second-order valence-corrected chi connectivity index (χ2v) is 4.34. The predicted octanol–water partition coefficient (Wildman–Crippen LogP) is 2.43. The van der Waals surface area contributed by atoms with Gasteiger partial charge in [0.15, 0.2) is 5.78 Å². The molecule has 19 heavy (non-hydrogen) atoms. The highest BCUT2D eigenvalue weighted by molar-refractivity contribution is 9.10. The van der Waals surface area contributed by atoms with E-state index in [9.17, 15) is 9.59 Å². The minimum Gasteiger partial charge on any atom is -0.496 e. The third kappa shape index (κ3) is 6.08. The summed E-state index contributed by atoms with van der Waals surface area (Å²) in [7, 11) is 1.50. The maximum Gasteiger partial charge on any atom is 0.373 e. The Labute approximate surface area is 119 Å². The molecule has 0 unspecified atom stereocenters. The minimum absolute atomic E-state index is 0.0602. The predicted molar refractivity (Wildman–Crippen MR) is 69.9 cm³/mol. The molecule has 0 fully saturated rings.